The van der Waals surface area contributed by atoms with Crippen LogP contribution in [0.1, 0.15) is 18.9 Å². The predicted octanol–water partition coefficient (Wildman–Crippen LogP) is 4.32. The van der Waals surface area contributed by atoms with E-state index in [1.807, 2.05) is 36.4 Å². The second-order valence-corrected chi connectivity index (χ2v) is 5.69. The van der Waals surface area contributed by atoms with Crippen molar-refractivity contribution in [1.82, 2.24) is 4.90 Å². The molecule has 2 heteroatoms. The van der Waals surface area contributed by atoms with E-state index in [4.69, 9.17) is 4.74 Å². The van der Waals surface area contributed by atoms with E-state index in [1.165, 1.54) is 25.1 Å². The first-order valence-electron chi connectivity index (χ1n) is 7.34. The Hall–Kier alpha value is -1.80. The molecule has 1 aliphatic rings. The Morgan fingerprint density at radius 1 is 1.05 bits per heavy atom. The van der Waals surface area contributed by atoms with E-state index in [1.54, 1.807) is 0 Å². The molecular weight excluding hydrogens is 246 g/mol. The maximum Gasteiger partial charge on any atom is 0.127 e. The van der Waals surface area contributed by atoms with Gasteiger partial charge in [-0.3, -0.25) is 4.90 Å². The lowest BCUT2D eigenvalue weighted by atomic mass is 10.2. The Kier molecular flexibility index (Phi) is 4.03. The number of ether oxygens (including phenoxy) is 1. The third-order valence-corrected chi connectivity index (χ3v) is 3.79. The molecule has 1 fully saturated rings. The molecule has 0 N–H and O–H groups in total. The normalized spacial score (nSPS) is 19.1. The summed E-state index contributed by atoms with van der Waals surface area (Å²) in [4.78, 5) is 2.52. The molecule has 20 heavy (non-hydrogen) atoms. The van der Waals surface area contributed by atoms with Gasteiger partial charge in [0.2, 0.25) is 0 Å². The number of para-hydroxylation sites is 1. The van der Waals surface area contributed by atoms with Crippen LogP contribution in [0.25, 0.3) is 0 Å². The van der Waals surface area contributed by atoms with Crippen molar-refractivity contribution in [3.05, 3.63) is 60.2 Å². The average Bonchev–Trinajstić information content (AvgIpc) is 2.86. The van der Waals surface area contributed by atoms with Gasteiger partial charge in [0.25, 0.3) is 0 Å². The summed E-state index contributed by atoms with van der Waals surface area (Å²) in [6.07, 6.45) is 1.32. The predicted molar refractivity (Wildman–Crippen MR) is 82.0 cm³/mol. The van der Waals surface area contributed by atoms with E-state index in [9.17, 15) is 0 Å². The second-order valence-electron chi connectivity index (χ2n) is 5.69. The van der Waals surface area contributed by atoms with E-state index < -0.39 is 0 Å². The Morgan fingerprint density at radius 2 is 1.85 bits per heavy atom. The maximum atomic E-state index is 5.89. The van der Waals surface area contributed by atoms with Crippen LogP contribution in [0, 0.1) is 5.92 Å². The van der Waals surface area contributed by atoms with Crippen molar-refractivity contribution in [2.45, 2.75) is 19.9 Å². The first-order chi connectivity index (χ1) is 9.79. The molecule has 1 unspecified atom stereocenters. The Bertz CT molecular complexity index is 552. The molecule has 0 spiro atoms. The zero-order chi connectivity index (χ0) is 13.8. The van der Waals surface area contributed by atoms with Gasteiger partial charge in [0.05, 0.1) is 0 Å². The number of benzene rings is 2. The number of hydrogen-bond acceptors (Lipinski definition) is 2. The van der Waals surface area contributed by atoms with Crippen molar-refractivity contribution >= 4 is 0 Å². The average molecular weight is 267 g/mol. The van der Waals surface area contributed by atoms with E-state index in [2.05, 4.69) is 30.0 Å². The molecule has 0 aliphatic carbocycles. The smallest absolute Gasteiger partial charge is 0.127 e. The van der Waals surface area contributed by atoms with Crippen molar-refractivity contribution in [2.75, 3.05) is 13.1 Å². The summed E-state index contributed by atoms with van der Waals surface area (Å²) in [5, 5.41) is 0. The molecule has 1 saturated heterocycles. The van der Waals surface area contributed by atoms with Gasteiger partial charge in [0.1, 0.15) is 11.5 Å². The van der Waals surface area contributed by atoms with Crippen LogP contribution in [0.5, 0.6) is 11.5 Å². The minimum atomic E-state index is 0.832. The first kappa shape index (κ1) is 13.2. The molecule has 0 bridgehead atoms. The van der Waals surface area contributed by atoms with Gasteiger partial charge in [-0.25, -0.2) is 0 Å². The molecular formula is C18H21NO. The van der Waals surface area contributed by atoms with Crippen LogP contribution in [-0.2, 0) is 6.54 Å². The third-order valence-electron chi connectivity index (χ3n) is 3.79. The lowest BCUT2D eigenvalue weighted by Gasteiger charge is -2.16. The topological polar surface area (TPSA) is 12.5 Å². The fourth-order valence-electron chi connectivity index (χ4n) is 2.76. The summed E-state index contributed by atoms with van der Waals surface area (Å²) in [6.45, 7) is 5.78. The molecule has 0 aromatic heterocycles. The van der Waals surface area contributed by atoms with Gasteiger partial charge in [-0.05, 0) is 48.7 Å². The van der Waals surface area contributed by atoms with Crippen LogP contribution in [0.3, 0.4) is 0 Å². The van der Waals surface area contributed by atoms with E-state index in [-0.39, 0.29) is 0 Å². The summed E-state index contributed by atoms with van der Waals surface area (Å²) in [6, 6.07) is 18.4. The molecule has 2 aromatic carbocycles. The molecule has 2 nitrogen and oxygen atoms in total. The summed E-state index contributed by atoms with van der Waals surface area (Å²) in [5.74, 6) is 2.64. The van der Waals surface area contributed by atoms with Crippen LogP contribution >= 0.6 is 0 Å². The van der Waals surface area contributed by atoms with Gasteiger partial charge in [-0.15, -0.1) is 0 Å². The lowest BCUT2D eigenvalue weighted by molar-refractivity contribution is 0.320. The SMILES string of the molecule is CC1CCN(Cc2cccc(Oc3ccccc3)c2)C1. The van der Waals surface area contributed by atoms with Gasteiger partial charge in [0, 0.05) is 13.1 Å². The van der Waals surface area contributed by atoms with Gasteiger partial charge in [-0.2, -0.15) is 0 Å². The van der Waals surface area contributed by atoms with Crippen LogP contribution in [0.2, 0.25) is 0 Å². The number of hydrogen-bond donors (Lipinski definition) is 0. The van der Waals surface area contributed by atoms with Crippen molar-refractivity contribution in [1.29, 1.82) is 0 Å². The van der Waals surface area contributed by atoms with Gasteiger partial charge >= 0.3 is 0 Å². The zero-order valence-electron chi connectivity index (χ0n) is 12.0. The monoisotopic (exact) mass is 267 g/mol. The first-order valence-corrected chi connectivity index (χ1v) is 7.34. The quantitative estimate of drug-likeness (QED) is 0.818. The van der Waals surface area contributed by atoms with Crippen molar-refractivity contribution in [2.24, 2.45) is 5.92 Å². The van der Waals surface area contributed by atoms with Crippen LogP contribution in [0.4, 0.5) is 0 Å². The van der Waals surface area contributed by atoms with Crippen LogP contribution in [0.15, 0.2) is 54.6 Å². The highest BCUT2D eigenvalue weighted by Crippen LogP contribution is 2.24. The minimum Gasteiger partial charge on any atom is -0.457 e. The standard InChI is InChI=1S/C18H21NO/c1-15-10-11-19(13-15)14-16-6-5-9-18(12-16)20-17-7-3-2-4-8-17/h2-9,12,15H,10-11,13-14H2,1H3. The van der Waals surface area contributed by atoms with E-state index >= 15 is 0 Å². The van der Waals surface area contributed by atoms with Crippen molar-refractivity contribution < 1.29 is 4.74 Å². The molecule has 1 atom stereocenters. The fraction of sp³-hybridized carbons (Fsp3) is 0.333. The highest BCUT2D eigenvalue weighted by Gasteiger charge is 2.18. The summed E-state index contributed by atoms with van der Waals surface area (Å²) in [7, 11) is 0. The molecule has 3 rings (SSSR count). The molecule has 104 valence electrons. The van der Waals surface area contributed by atoms with Gasteiger partial charge in [0.15, 0.2) is 0 Å². The Balaban J connectivity index is 1.67. The zero-order valence-corrected chi connectivity index (χ0v) is 12.0. The van der Waals surface area contributed by atoms with Gasteiger partial charge < -0.3 is 4.74 Å². The van der Waals surface area contributed by atoms with E-state index in [0.29, 0.717) is 0 Å². The molecule has 1 heterocycles. The number of likely N-dealkylation sites (tertiary alicyclic amines) is 1. The van der Waals surface area contributed by atoms with Gasteiger partial charge in [-0.1, -0.05) is 37.3 Å². The second kappa shape index (κ2) is 6.10. The summed E-state index contributed by atoms with van der Waals surface area (Å²) >= 11 is 0. The highest BCUT2D eigenvalue weighted by atomic mass is 16.5. The number of rotatable bonds is 4. The molecule has 1 aliphatic heterocycles. The Labute approximate surface area is 121 Å². The molecule has 0 amide bonds. The summed E-state index contributed by atoms with van der Waals surface area (Å²) in [5.41, 5.74) is 1.33. The molecule has 2 aromatic rings. The van der Waals surface area contributed by atoms with E-state index in [0.717, 1.165) is 24.0 Å². The lowest BCUT2D eigenvalue weighted by Crippen LogP contribution is -2.19. The minimum absolute atomic E-state index is 0.832. The molecule has 0 radical (unpaired) electrons. The maximum absolute atomic E-state index is 5.89. The number of nitrogens with zero attached hydrogens (tertiary/aromatic N) is 1. The van der Waals surface area contributed by atoms with Crippen molar-refractivity contribution in [3.8, 4) is 11.5 Å². The Morgan fingerprint density at radius 3 is 2.60 bits per heavy atom. The van der Waals surface area contributed by atoms with Crippen molar-refractivity contribution in [3.63, 3.8) is 0 Å². The van der Waals surface area contributed by atoms with Crippen LogP contribution < -0.4 is 4.74 Å². The molecule has 0 saturated carbocycles. The fourth-order valence-corrected chi connectivity index (χ4v) is 2.76. The summed E-state index contributed by atoms with van der Waals surface area (Å²) < 4.78 is 5.89. The van der Waals surface area contributed by atoms with Crippen LogP contribution in [-0.4, -0.2) is 18.0 Å². The highest BCUT2D eigenvalue weighted by molar-refractivity contribution is 5.33. The largest absolute Gasteiger partial charge is 0.457 e. The third kappa shape index (κ3) is 3.40.